The predicted molar refractivity (Wildman–Crippen MR) is 122 cm³/mol. The number of hydrogen-bond donors (Lipinski definition) is 1. The Balaban J connectivity index is 0.000000352. The van der Waals surface area contributed by atoms with Crippen molar-refractivity contribution < 1.29 is 17.1 Å². The number of nitrogens with one attached hydrogen (secondary N) is 1. The summed E-state index contributed by atoms with van der Waals surface area (Å²) < 4.78 is 0. The van der Waals surface area contributed by atoms with Gasteiger partial charge in [0.1, 0.15) is 0 Å². The number of aliphatic imine (C=N–C) groups is 1. The molecule has 1 aliphatic rings. The Kier molecular flexibility index (Phi) is 8.02. The fraction of sp³-hybridized carbons (Fsp3) is 0.0800. The zero-order chi connectivity index (χ0) is 19.0. The van der Waals surface area contributed by atoms with E-state index in [9.17, 15) is 0 Å². The van der Waals surface area contributed by atoms with Gasteiger partial charge in [0, 0.05) is 36.0 Å². The molecular weight excluding hydrogens is 415 g/mol. The molecule has 0 atom stereocenters. The topological polar surface area (TPSA) is 24.4 Å². The monoisotopic (exact) mass is 438 g/mol. The van der Waals surface area contributed by atoms with E-state index >= 15 is 0 Å². The van der Waals surface area contributed by atoms with Gasteiger partial charge in [0.2, 0.25) is 0 Å². The zero-order valence-corrected chi connectivity index (χ0v) is 18.1. The Morgan fingerprint density at radius 2 is 1.31 bits per heavy atom. The van der Waals surface area contributed by atoms with Crippen LogP contribution >= 0.6 is 7.92 Å². The van der Waals surface area contributed by atoms with Crippen molar-refractivity contribution in [1.29, 1.82) is 0 Å². The molecule has 1 aliphatic heterocycles. The van der Waals surface area contributed by atoms with Crippen LogP contribution in [0, 0.1) is 0 Å². The average Bonchev–Trinajstić information content (AvgIpc) is 3.53. The third-order valence-electron chi connectivity index (χ3n) is 4.55. The minimum atomic E-state index is -0.567. The molecule has 0 aliphatic carbocycles. The molecule has 0 radical (unpaired) electrons. The summed E-state index contributed by atoms with van der Waals surface area (Å²) in [4.78, 5) is 4.62. The van der Waals surface area contributed by atoms with Gasteiger partial charge in [-0.1, -0.05) is 73.9 Å². The predicted octanol–water partition coefficient (Wildman–Crippen LogP) is 3.92. The van der Waals surface area contributed by atoms with Crippen LogP contribution in [0.1, 0.15) is 5.56 Å². The summed E-state index contributed by atoms with van der Waals surface area (Å²) in [6.07, 6.45) is 0. The van der Waals surface area contributed by atoms with Gasteiger partial charge in [-0.05, 0) is 10.6 Å². The van der Waals surface area contributed by atoms with Crippen molar-refractivity contribution >= 4 is 29.7 Å². The molecule has 4 aromatic rings. The minimum Gasteiger partial charge on any atom is -0.748 e. The standard InChI is InChI=1S/C20H18N2P.C5H5.Fe/c1-3-8-16(9-4-1)23(17-10-5-2-6-11-17)19-13-7-12-18(19)20-21-14-15-22-20;1-2-4-5-3-1;/h1-13H,14-15H2,(H,21,22);1-5H;/q-1;-5;. The van der Waals surface area contributed by atoms with E-state index in [2.05, 4.69) is 89.2 Å². The Morgan fingerprint density at radius 1 is 0.759 bits per heavy atom. The SMILES string of the molecule is [Fe].[cH-]1[cH-][cH-][cH-][cH-]1.c1ccc(P(c2ccccc2)[c-]2cccc2C2=NCCN2)cc1. The Bertz CT molecular complexity index is 935. The van der Waals surface area contributed by atoms with E-state index in [0.29, 0.717) is 0 Å². The first-order chi connectivity index (χ1) is 13.9. The van der Waals surface area contributed by atoms with E-state index in [-0.39, 0.29) is 17.1 Å². The van der Waals surface area contributed by atoms with E-state index in [0.717, 1.165) is 18.9 Å². The fourth-order valence-corrected chi connectivity index (χ4v) is 5.74. The van der Waals surface area contributed by atoms with Gasteiger partial charge < -0.3 is 40.6 Å². The number of rotatable bonds is 4. The molecule has 0 bridgehead atoms. The fourth-order valence-electron chi connectivity index (χ4n) is 3.29. The van der Waals surface area contributed by atoms with Crippen molar-refractivity contribution in [1.82, 2.24) is 5.32 Å². The largest absolute Gasteiger partial charge is 0.748 e. The summed E-state index contributed by atoms with van der Waals surface area (Å²) >= 11 is 0. The van der Waals surface area contributed by atoms with E-state index < -0.39 is 7.92 Å². The third kappa shape index (κ3) is 5.34. The van der Waals surface area contributed by atoms with Crippen LogP contribution in [0.3, 0.4) is 0 Å². The van der Waals surface area contributed by atoms with Gasteiger partial charge in [0.15, 0.2) is 0 Å². The minimum absolute atomic E-state index is 0. The average molecular weight is 438 g/mol. The molecule has 29 heavy (non-hydrogen) atoms. The van der Waals surface area contributed by atoms with Gasteiger partial charge >= 0.3 is 0 Å². The Hall–Kier alpha value is -2.44. The Labute approximate surface area is 184 Å². The Morgan fingerprint density at radius 3 is 1.79 bits per heavy atom. The number of nitrogens with zero attached hydrogens (tertiary/aromatic N) is 1. The zero-order valence-electron chi connectivity index (χ0n) is 16.1. The van der Waals surface area contributed by atoms with E-state index in [1.54, 1.807) is 0 Å². The quantitative estimate of drug-likeness (QED) is 0.292. The van der Waals surface area contributed by atoms with Crippen LogP contribution in [0.4, 0.5) is 0 Å². The summed E-state index contributed by atoms with van der Waals surface area (Å²) in [5.74, 6) is 1.05. The summed E-state index contributed by atoms with van der Waals surface area (Å²) in [7, 11) is -0.567. The molecule has 0 spiro atoms. The second-order valence-corrected chi connectivity index (χ2v) is 8.64. The van der Waals surface area contributed by atoms with E-state index in [4.69, 9.17) is 0 Å². The smallest absolute Gasteiger partial charge is 0.0472 e. The van der Waals surface area contributed by atoms with Crippen LogP contribution in [0.2, 0.25) is 0 Å². The molecule has 152 valence electrons. The van der Waals surface area contributed by atoms with Gasteiger partial charge in [0.25, 0.3) is 0 Å². The first-order valence-electron chi connectivity index (χ1n) is 9.55. The number of amidine groups is 1. The van der Waals surface area contributed by atoms with Crippen molar-refractivity contribution in [2.75, 3.05) is 13.1 Å². The molecule has 5 rings (SSSR count). The van der Waals surface area contributed by atoms with Crippen molar-refractivity contribution in [2.45, 2.75) is 0 Å². The maximum atomic E-state index is 4.62. The number of hydrogen-bond acceptors (Lipinski definition) is 2. The van der Waals surface area contributed by atoms with E-state index in [1.807, 2.05) is 30.3 Å². The normalized spacial score (nSPS) is 12.4. The van der Waals surface area contributed by atoms with E-state index in [1.165, 1.54) is 21.5 Å². The summed E-state index contributed by atoms with van der Waals surface area (Å²) in [5.41, 5.74) is 1.25. The first kappa shape index (κ1) is 21.3. The number of benzene rings is 2. The van der Waals surface area contributed by atoms with Crippen molar-refractivity contribution in [2.24, 2.45) is 4.99 Å². The third-order valence-corrected chi connectivity index (χ3v) is 7.05. The molecule has 4 aromatic carbocycles. The maximum absolute atomic E-state index is 4.62. The maximum Gasteiger partial charge on any atom is 0.0472 e. The van der Waals surface area contributed by atoms with Gasteiger partial charge in [-0.15, -0.1) is 11.6 Å². The summed E-state index contributed by atoms with van der Waals surface area (Å²) in [6, 6.07) is 38.2. The van der Waals surface area contributed by atoms with Crippen LogP contribution in [-0.2, 0) is 17.1 Å². The van der Waals surface area contributed by atoms with Gasteiger partial charge in [-0.25, -0.2) is 0 Å². The molecule has 4 heteroatoms. The van der Waals surface area contributed by atoms with Crippen LogP contribution < -0.4 is 21.2 Å². The molecule has 0 amide bonds. The molecule has 0 fully saturated rings. The summed E-state index contributed by atoms with van der Waals surface area (Å²) in [5, 5.41) is 7.55. The van der Waals surface area contributed by atoms with Crippen LogP contribution in [0.25, 0.3) is 0 Å². The van der Waals surface area contributed by atoms with Gasteiger partial charge in [-0.3, -0.25) is 0 Å². The second kappa shape index (κ2) is 10.9. The first-order valence-corrected chi connectivity index (χ1v) is 10.9. The molecular formula is C25H23FeN2P-6. The van der Waals surface area contributed by atoms with Crippen LogP contribution in [0.15, 0.2) is 114 Å². The van der Waals surface area contributed by atoms with Crippen molar-refractivity contribution in [3.8, 4) is 0 Å². The molecule has 0 saturated carbocycles. The molecule has 2 nitrogen and oxygen atoms in total. The molecule has 0 unspecified atom stereocenters. The second-order valence-electron chi connectivity index (χ2n) is 6.45. The van der Waals surface area contributed by atoms with Crippen molar-refractivity contribution in [3.63, 3.8) is 0 Å². The molecule has 0 saturated heterocycles. The summed E-state index contributed by atoms with van der Waals surface area (Å²) in [6.45, 7) is 1.81. The van der Waals surface area contributed by atoms with Gasteiger partial charge in [-0.2, -0.15) is 12.1 Å². The molecule has 1 N–H and O–H groups in total. The molecule has 1 heterocycles. The van der Waals surface area contributed by atoms with Crippen LogP contribution in [0.5, 0.6) is 0 Å². The van der Waals surface area contributed by atoms with Crippen molar-refractivity contribution in [3.05, 3.63) is 115 Å². The van der Waals surface area contributed by atoms with Gasteiger partial charge in [0.05, 0.1) is 0 Å². The molecule has 0 aromatic heterocycles. The van der Waals surface area contributed by atoms with Crippen LogP contribution in [-0.4, -0.2) is 18.9 Å².